The van der Waals surface area contributed by atoms with Crippen LogP contribution in [0.2, 0.25) is 4.34 Å². The van der Waals surface area contributed by atoms with Crippen LogP contribution in [-0.4, -0.2) is 31.4 Å². The van der Waals surface area contributed by atoms with Gasteiger partial charge in [-0.25, -0.2) is 0 Å². The molecule has 2 rings (SSSR count). The van der Waals surface area contributed by atoms with Crippen molar-refractivity contribution >= 4 is 28.8 Å². The summed E-state index contributed by atoms with van der Waals surface area (Å²) in [5.74, 6) is 0.713. The minimum Gasteiger partial charge on any atom is -0.468 e. The molecule has 0 aliphatic rings. The Hall–Kier alpha value is -1.30. The molecule has 0 fully saturated rings. The Balaban J connectivity index is 1.98. The summed E-state index contributed by atoms with van der Waals surface area (Å²) >= 11 is 7.08. The maximum Gasteiger partial charge on any atom is 0.261 e. The van der Waals surface area contributed by atoms with Crippen molar-refractivity contribution in [2.75, 3.05) is 20.6 Å². The number of thiophene rings is 1. The fourth-order valence-electron chi connectivity index (χ4n) is 1.73. The molecule has 19 heavy (non-hydrogen) atoms. The van der Waals surface area contributed by atoms with Gasteiger partial charge in [-0.3, -0.25) is 9.69 Å². The topological polar surface area (TPSA) is 45.5 Å². The Morgan fingerprint density at radius 2 is 2.26 bits per heavy atom. The van der Waals surface area contributed by atoms with Crippen molar-refractivity contribution in [1.82, 2.24) is 10.2 Å². The highest BCUT2D eigenvalue weighted by molar-refractivity contribution is 7.17. The summed E-state index contributed by atoms with van der Waals surface area (Å²) in [5, 5.41) is 2.89. The maximum atomic E-state index is 11.9. The van der Waals surface area contributed by atoms with Crippen LogP contribution in [0.5, 0.6) is 0 Å². The number of rotatable bonds is 5. The predicted molar refractivity (Wildman–Crippen MR) is 76.8 cm³/mol. The van der Waals surface area contributed by atoms with Crippen LogP contribution in [-0.2, 0) is 0 Å². The Labute approximate surface area is 121 Å². The fraction of sp³-hybridized carbons (Fsp3) is 0.308. The molecule has 0 spiro atoms. The molecule has 4 nitrogen and oxygen atoms in total. The third kappa shape index (κ3) is 3.59. The molecule has 0 aromatic carbocycles. The zero-order valence-corrected chi connectivity index (χ0v) is 12.3. The van der Waals surface area contributed by atoms with E-state index < -0.39 is 0 Å². The highest BCUT2D eigenvalue weighted by Gasteiger charge is 2.18. The molecule has 102 valence electrons. The van der Waals surface area contributed by atoms with Crippen molar-refractivity contribution in [3.63, 3.8) is 0 Å². The van der Waals surface area contributed by atoms with Gasteiger partial charge < -0.3 is 9.73 Å². The lowest BCUT2D eigenvalue weighted by atomic mass is 10.2. The van der Waals surface area contributed by atoms with Crippen molar-refractivity contribution in [2.24, 2.45) is 0 Å². The molecule has 2 heterocycles. The van der Waals surface area contributed by atoms with Crippen LogP contribution in [0.25, 0.3) is 0 Å². The van der Waals surface area contributed by atoms with Crippen LogP contribution < -0.4 is 5.32 Å². The standard InChI is InChI=1S/C13H15ClN2O2S/c1-16(2)9(10-4-3-7-18-10)8-15-13(17)11-5-6-12(14)19-11/h3-7,9H,8H2,1-2H3,(H,15,17). The van der Waals surface area contributed by atoms with Gasteiger partial charge in [0.25, 0.3) is 5.91 Å². The first-order valence-electron chi connectivity index (χ1n) is 5.81. The van der Waals surface area contributed by atoms with Crippen molar-refractivity contribution in [1.29, 1.82) is 0 Å². The number of nitrogens with zero attached hydrogens (tertiary/aromatic N) is 1. The van der Waals surface area contributed by atoms with Crippen LogP contribution in [0.1, 0.15) is 21.5 Å². The zero-order chi connectivity index (χ0) is 13.8. The number of nitrogens with one attached hydrogen (secondary N) is 1. The number of hydrogen-bond donors (Lipinski definition) is 1. The Kier molecular flexibility index (Phi) is 4.63. The lowest BCUT2D eigenvalue weighted by Gasteiger charge is -2.22. The van der Waals surface area contributed by atoms with E-state index in [-0.39, 0.29) is 11.9 Å². The normalized spacial score (nSPS) is 12.6. The van der Waals surface area contributed by atoms with E-state index in [0.717, 1.165) is 5.76 Å². The quantitative estimate of drug-likeness (QED) is 0.923. The second kappa shape index (κ2) is 6.23. The highest BCUT2D eigenvalue weighted by atomic mass is 35.5. The Morgan fingerprint density at radius 1 is 1.47 bits per heavy atom. The maximum absolute atomic E-state index is 11.9. The molecule has 0 bridgehead atoms. The zero-order valence-electron chi connectivity index (χ0n) is 10.7. The summed E-state index contributed by atoms with van der Waals surface area (Å²) < 4.78 is 6.00. The summed E-state index contributed by atoms with van der Waals surface area (Å²) in [6.07, 6.45) is 1.63. The van der Waals surface area contributed by atoms with Gasteiger partial charge in [0.2, 0.25) is 0 Å². The van der Waals surface area contributed by atoms with Gasteiger partial charge in [-0.2, -0.15) is 0 Å². The fourth-order valence-corrected chi connectivity index (χ4v) is 2.69. The van der Waals surface area contributed by atoms with E-state index in [4.69, 9.17) is 16.0 Å². The van der Waals surface area contributed by atoms with Gasteiger partial charge in [-0.15, -0.1) is 11.3 Å². The van der Waals surface area contributed by atoms with Gasteiger partial charge in [0, 0.05) is 6.54 Å². The lowest BCUT2D eigenvalue weighted by molar-refractivity contribution is 0.0943. The second-order valence-corrected chi connectivity index (χ2v) is 6.02. The van der Waals surface area contributed by atoms with Gasteiger partial charge in [0.1, 0.15) is 5.76 Å². The number of halogens is 1. The van der Waals surface area contributed by atoms with Gasteiger partial charge in [0.15, 0.2) is 0 Å². The summed E-state index contributed by atoms with van der Waals surface area (Å²) in [5.41, 5.74) is 0. The van der Waals surface area contributed by atoms with Gasteiger partial charge in [0.05, 0.1) is 21.5 Å². The number of hydrogen-bond acceptors (Lipinski definition) is 4. The van der Waals surface area contributed by atoms with Gasteiger partial charge in [-0.1, -0.05) is 11.6 Å². The molecule has 0 aliphatic carbocycles. The first kappa shape index (κ1) is 14.1. The largest absolute Gasteiger partial charge is 0.468 e. The molecule has 1 amide bonds. The highest BCUT2D eigenvalue weighted by Crippen LogP contribution is 2.22. The minimum atomic E-state index is -0.115. The van der Waals surface area contributed by atoms with E-state index >= 15 is 0 Å². The van der Waals surface area contributed by atoms with Crippen LogP contribution >= 0.6 is 22.9 Å². The number of amides is 1. The number of carbonyl (C=O) groups is 1. The summed E-state index contributed by atoms with van der Waals surface area (Å²) in [4.78, 5) is 14.6. The summed E-state index contributed by atoms with van der Waals surface area (Å²) in [7, 11) is 3.89. The SMILES string of the molecule is CN(C)C(CNC(=O)c1ccc(Cl)s1)c1ccco1. The van der Waals surface area contributed by atoms with Crippen LogP contribution in [0.3, 0.4) is 0 Å². The van der Waals surface area contributed by atoms with Crippen LogP contribution in [0.15, 0.2) is 34.9 Å². The van der Waals surface area contributed by atoms with E-state index in [1.807, 2.05) is 31.1 Å². The third-order valence-corrected chi connectivity index (χ3v) is 3.98. The molecule has 6 heteroatoms. The van der Waals surface area contributed by atoms with Crippen LogP contribution in [0, 0.1) is 0 Å². The van der Waals surface area contributed by atoms with Gasteiger partial charge in [-0.05, 0) is 38.4 Å². The first-order chi connectivity index (χ1) is 9.08. The number of furan rings is 1. The minimum absolute atomic E-state index is 0.00869. The van der Waals surface area contributed by atoms with E-state index in [1.54, 1.807) is 18.4 Å². The summed E-state index contributed by atoms with van der Waals surface area (Å²) in [6, 6.07) is 7.19. The predicted octanol–water partition coefficient (Wildman–Crippen LogP) is 3.03. The van der Waals surface area contributed by atoms with E-state index in [1.165, 1.54) is 11.3 Å². The molecular weight excluding hydrogens is 284 g/mol. The molecule has 1 atom stereocenters. The Bertz CT molecular complexity index is 537. The van der Waals surface area contributed by atoms with E-state index in [9.17, 15) is 4.79 Å². The monoisotopic (exact) mass is 298 g/mol. The molecule has 1 N–H and O–H groups in total. The van der Waals surface area contributed by atoms with Crippen molar-refractivity contribution in [3.05, 3.63) is 45.5 Å². The van der Waals surface area contributed by atoms with Crippen molar-refractivity contribution in [2.45, 2.75) is 6.04 Å². The molecule has 1 unspecified atom stereocenters. The van der Waals surface area contributed by atoms with Crippen molar-refractivity contribution < 1.29 is 9.21 Å². The number of likely N-dealkylation sites (N-methyl/N-ethyl adjacent to an activating group) is 1. The van der Waals surface area contributed by atoms with E-state index in [2.05, 4.69) is 5.32 Å². The van der Waals surface area contributed by atoms with Gasteiger partial charge >= 0.3 is 0 Å². The molecule has 0 radical (unpaired) electrons. The average molecular weight is 299 g/mol. The second-order valence-electron chi connectivity index (χ2n) is 4.31. The molecule has 0 aliphatic heterocycles. The summed E-state index contributed by atoms with van der Waals surface area (Å²) in [6.45, 7) is 0.481. The molecule has 2 aromatic rings. The molecule has 2 aromatic heterocycles. The number of carbonyl (C=O) groups excluding carboxylic acids is 1. The van der Waals surface area contributed by atoms with Crippen LogP contribution in [0.4, 0.5) is 0 Å². The van der Waals surface area contributed by atoms with Crippen molar-refractivity contribution in [3.8, 4) is 0 Å². The average Bonchev–Trinajstić information content (AvgIpc) is 3.00. The molecular formula is C13H15ClN2O2S. The lowest BCUT2D eigenvalue weighted by Crippen LogP contribution is -2.34. The smallest absolute Gasteiger partial charge is 0.261 e. The first-order valence-corrected chi connectivity index (χ1v) is 7.00. The van der Waals surface area contributed by atoms with E-state index in [0.29, 0.717) is 15.8 Å². The molecule has 0 saturated heterocycles. The third-order valence-electron chi connectivity index (χ3n) is 2.75. The Morgan fingerprint density at radius 3 is 2.79 bits per heavy atom. The molecule has 0 saturated carbocycles.